The first-order chi connectivity index (χ1) is 11.7. The summed E-state index contributed by atoms with van der Waals surface area (Å²) in [4.78, 5) is 12.1. The summed E-state index contributed by atoms with van der Waals surface area (Å²) in [5, 5.41) is 0. The Labute approximate surface area is 141 Å². The molecule has 2 aromatic rings. The van der Waals surface area contributed by atoms with Crippen LogP contribution < -0.4 is 9.47 Å². The number of hydrogen-bond acceptors (Lipinski definition) is 3. The molecule has 0 unspecified atom stereocenters. The van der Waals surface area contributed by atoms with Crippen LogP contribution in [0.25, 0.3) is 6.08 Å². The number of hydrogen-bond donors (Lipinski definition) is 0. The predicted octanol–water partition coefficient (Wildman–Crippen LogP) is 4.76. The van der Waals surface area contributed by atoms with E-state index in [1.807, 2.05) is 0 Å². The molecule has 0 aliphatic rings. The smallest absolute Gasteiger partial charge is 0.417 e. The molecule has 0 radical (unpaired) electrons. The van der Waals surface area contributed by atoms with Gasteiger partial charge in [-0.25, -0.2) is 4.39 Å². The second kappa shape index (κ2) is 7.38. The topological polar surface area (TPSA) is 35.5 Å². The Morgan fingerprint density at radius 3 is 2.12 bits per heavy atom. The highest BCUT2D eigenvalue weighted by molar-refractivity contribution is 6.08. The zero-order chi connectivity index (χ0) is 18.6. The van der Waals surface area contributed by atoms with Crippen LogP contribution in [0.3, 0.4) is 0 Å². The summed E-state index contributed by atoms with van der Waals surface area (Å²) < 4.78 is 62.3. The Hall–Kier alpha value is -2.83. The minimum Gasteiger partial charge on any atom is -0.497 e. The van der Waals surface area contributed by atoms with Gasteiger partial charge < -0.3 is 9.47 Å². The molecule has 7 heteroatoms. The third kappa shape index (κ3) is 4.59. The van der Waals surface area contributed by atoms with Crippen LogP contribution in [0.4, 0.5) is 17.6 Å². The molecule has 3 nitrogen and oxygen atoms in total. The van der Waals surface area contributed by atoms with Gasteiger partial charge in [-0.15, -0.1) is 0 Å². The number of allylic oxidation sites excluding steroid dienone is 1. The summed E-state index contributed by atoms with van der Waals surface area (Å²) in [7, 11) is 2.88. The summed E-state index contributed by atoms with van der Waals surface area (Å²) in [6, 6.07) is 6.53. The zero-order valence-corrected chi connectivity index (χ0v) is 13.4. The van der Waals surface area contributed by atoms with E-state index in [2.05, 4.69) is 0 Å². The van der Waals surface area contributed by atoms with Crippen LogP contribution in [0.2, 0.25) is 0 Å². The number of carbonyl (C=O) groups excluding carboxylic acids is 1. The molecule has 2 aromatic carbocycles. The molecule has 0 spiro atoms. The normalized spacial score (nSPS) is 11.6. The van der Waals surface area contributed by atoms with E-state index in [0.29, 0.717) is 35.3 Å². The Balaban J connectivity index is 2.37. The second-order valence-corrected chi connectivity index (χ2v) is 5.03. The number of halogens is 4. The monoisotopic (exact) mass is 354 g/mol. The molecule has 2 rings (SSSR count). The van der Waals surface area contributed by atoms with E-state index in [9.17, 15) is 22.4 Å². The molecule has 0 aromatic heterocycles. The Bertz CT molecular complexity index is 788. The molecule has 0 saturated heterocycles. The average Bonchev–Trinajstić information content (AvgIpc) is 2.58. The lowest BCUT2D eigenvalue weighted by molar-refractivity contribution is -0.137. The van der Waals surface area contributed by atoms with Crippen LogP contribution in [0, 0.1) is 5.82 Å². The van der Waals surface area contributed by atoms with E-state index in [-0.39, 0.29) is 0 Å². The molecule has 0 aliphatic heterocycles. The van der Waals surface area contributed by atoms with Crippen molar-refractivity contribution in [2.45, 2.75) is 6.18 Å². The van der Waals surface area contributed by atoms with E-state index >= 15 is 0 Å². The number of benzene rings is 2. The molecule has 0 bridgehead atoms. The average molecular weight is 354 g/mol. The lowest BCUT2D eigenvalue weighted by atomic mass is 10.0. The van der Waals surface area contributed by atoms with E-state index in [0.717, 1.165) is 6.08 Å². The number of carbonyl (C=O) groups is 1. The number of ether oxygens (including phenoxy) is 2. The van der Waals surface area contributed by atoms with Crippen molar-refractivity contribution in [2.75, 3.05) is 14.2 Å². The van der Waals surface area contributed by atoms with Crippen molar-refractivity contribution in [1.82, 2.24) is 0 Å². The fraction of sp³-hybridized carbons (Fsp3) is 0.167. The van der Waals surface area contributed by atoms with Crippen molar-refractivity contribution in [3.05, 3.63) is 65.0 Å². The molecule has 25 heavy (non-hydrogen) atoms. The van der Waals surface area contributed by atoms with Crippen molar-refractivity contribution in [3.63, 3.8) is 0 Å². The Morgan fingerprint density at radius 1 is 1.00 bits per heavy atom. The van der Waals surface area contributed by atoms with E-state index in [4.69, 9.17) is 9.47 Å². The van der Waals surface area contributed by atoms with Crippen molar-refractivity contribution >= 4 is 11.9 Å². The van der Waals surface area contributed by atoms with Crippen LogP contribution in [0.5, 0.6) is 11.5 Å². The number of methoxy groups -OCH3 is 2. The van der Waals surface area contributed by atoms with Gasteiger partial charge in [0.2, 0.25) is 0 Å². The lowest BCUT2D eigenvalue weighted by Gasteiger charge is -2.10. The summed E-state index contributed by atoms with van der Waals surface area (Å²) in [6.07, 6.45) is -2.51. The number of ketones is 1. The van der Waals surface area contributed by atoms with Gasteiger partial charge in [0.15, 0.2) is 5.78 Å². The van der Waals surface area contributed by atoms with Crippen molar-refractivity contribution < 1.29 is 31.8 Å². The van der Waals surface area contributed by atoms with E-state index in [1.165, 1.54) is 20.3 Å². The standard InChI is InChI=1S/C18H14F4O3/c1-24-13-7-11(8-14(10-13)25-2)3-6-17(23)15-9-12(19)4-5-16(15)18(20,21)22/h3-10H,1-2H3/b6-3+. The summed E-state index contributed by atoms with van der Waals surface area (Å²) in [5.41, 5.74) is -1.46. The summed E-state index contributed by atoms with van der Waals surface area (Å²) in [6.45, 7) is 0. The maximum Gasteiger partial charge on any atom is 0.417 e. The first-order valence-corrected chi connectivity index (χ1v) is 7.07. The molecule has 0 aliphatic carbocycles. The van der Waals surface area contributed by atoms with Gasteiger partial charge in [-0.1, -0.05) is 6.08 Å². The van der Waals surface area contributed by atoms with Crippen molar-refractivity contribution in [3.8, 4) is 11.5 Å². The van der Waals surface area contributed by atoms with Crippen LogP contribution in [0.15, 0.2) is 42.5 Å². The first-order valence-electron chi connectivity index (χ1n) is 7.07. The van der Waals surface area contributed by atoms with Gasteiger partial charge in [-0.3, -0.25) is 4.79 Å². The van der Waals surface area contributed by atoms with Gasteiger partial charge in [0, 0.05) is 11.6 Å². The zero-order valence-electron chi connectivity index (χ0n) is 13.4. The highest BCUT2D eigenvalue weighted by atomic mass is 19.4. The fourth-order valence-corrected chi connectivity index (χ4v) is 2.15. The third-order valence-electron chi connectivity index (χ3n) is 3.35. The van der Waals surface area contributed by atoms with Gasteiger partial charge in [0.05, 0.1) is 19.8 Å². The lowest BCUT2D eigenvalue weighted by Crippen LogP contribution is -2.12. The third-order valence-corrected chi connectivity index (χ3v) is 3.35. The van der Waals surface area contributed by atoms with E-state index < -0.39 is 28.9 Å². The van der Waals surface area contributed by atoms with E-state index in [1.54, 1.807) is 18.2 Å². The summed E-state index contributed by atoms with van der Waals surface area (Å²) >= 11 is 0. The minimum atomic E-state index is -4.76. The minimum absolute atomic E-state index is 0.452. The molecule has 0 atom stereocenters. The van der Waals surface area contributed by atoms with Crippen molar-refractivity contribution in [2.24, 2.45) is 0 Å². The molecule has 0 fully saturated rings. The number of rotatable bonds is 5. The fourth-order valence-electron chi connectivity index (χ4n) is 2.15. The van der Waals surface area contributed by atoms with Crippen LogP contribution in [-0.4, -0.2) is 20.0 Å². The maximum absolute atomic E-state index is 13.3. The molecule has 0 N–H and O–H groups in total. The SMILES string of the molecule is COc1cc(/C=C/C(=O)c2cc(F)ccc2C(F)(F)F)cc(OC)c1. The predicted molar refractivity (Wildman–Crippen MR) is 84.3 cm³/mol. The molecule has 0 heterocycles. The molecule has 132 valence electrons. The van der Waals surface area contributed by atoms with Crippen LogP contribution in [0.1, 0.15) is 21.5 Å². The maximum atomic E-state index is 13.3. The quantitative estimate of drug-likeness (QED) is 0.441. The van der Waals surface area contributed by atoms with Crippen LogP contribution in [-0.2, 0) is 6.18 Å². The Kier molecular flexibility index (Phi) is 5.46. The van der Waals surface area contributed by atoms with Gasteiger partial charge in [-0.2, -0.15) is 13.2 Å². The second-order valence-electron chi connectivity index (χ2n) is 5.03. The van der Waals surface area contributed by atoms with Crippen molar-refractivity contribution in [1.29, 1.82) is 0 Å². The number of alkyl halides is 3. The summed E-state index contributed by atoms with van der Waals surface area (Å²) in [5.74, 6) is -0.984. The van der Waals surface area contributed by atoms with Gasteiger partial charge >= 0.3 is 6.18 Å². The molecular weight excluding hydrogens is 340 g/mol. The van der Waals surface area contributed by atoms with Gasteiger partial charge in [0.25, 0.3) is 0 Å². The highest BCUT2D eigenvalue weighted by Crippen LogP contribution is 2.33. The van der Waals surface area contributed by atoms with Crippen LogP contribution >= 0.6 is 0 Å². The Morgan fingerprint density at radius 2 is 1.60 bits per heavy atom. The first kappa shape index (κ1) is 18.5. The largest absolute Gasteiger partial charge is 0.497 e. The van der Waals surface area contributed by atoms with Gasteiger partial charge in [-0.05, 0) is 42.0 Å². The molecule has 0 saturated carbocycles. The van der Waals surface area contributed by atoms with Gasteiger partial charge in [0.1, 0.15) is 17.3 Å². The molecule has 0 amide bonds. The molecular formula is C18H14F4O3. The highest BCUT2D eigenvalue weighted by Gasteiger charge is 2.34.